The highest BCUT2D eigenvalue weighted by molar-refractivity contribution is 5.52. The molecule has 2 aromatic carbocycles. The monoisotopic (exact) mass is 340 g/mol. The zero-order valence-corrected chi connectivity index (χ0v) is 14.6. The molecule has 130 valence electrons. The molecule has 1 unspecified atom stereocenters. The fraction of sp³-hybridized carbons (Fsp3) is 0.400. The smallest absolute Gasteiger partial charge is 0.231 e. The minimum absolute atomic E-state index is 0.333. The number of fused-ring (bicyclic) bond motifs is 5. The number of quaternary nitrogens is 1. The first-order valence-corrected chi connectivity index (χ1v) is 8.77. The quantitative estimate of drug-likeness (QED) is 0.903. The van der Waals surface area contributed by atoms with Crippen LogP contribution in [-0.2, 0) is 19.4 Å². The zero-order valence-electron chi connectivity index (χ0n) is 14.6. The Morgan fingerprint density at radius 3 is 2.40 bits per heavy atom. The van der Waals surface area contributed by atoms with Gasteiger partial charge in [-0.05, 0) is 35.4 Å². The molecule has 5 rings (SSSR count). The molecule has 25 heavy (non-hydrogen) atoms. The van der Waals surface area contributed by atoms with Gasteiger partial charge >= 0.3 is 0 Å². The summed E-state index contributed by atoms with van der Waals surface area (Å²) in [6.07, 6.45) is 2.10. The van der Waals surface area contributed by atoms with E-state index < -0.39 is 0 Å². The molecule has 2 aromatic rings. The molecule has 1 N–H and O–H groups in total. The molecule has 3 aliphatic rings. The van der Waals surface area contributed by atoms with Crippen LogP contribution in [-0.4, -0.2) is 27.6 Å². The second-order valence-corrected chi connectivity index (χ2v) is 6.97. The van der Waals surface area contributed by atoms with Gasteiger partial charge in [0.1, 0.15) is 12.6 Å². The van der Waals surface area contributed by atoms with E-state index in [0.29, 0.717) is 12.8 Å². The molecule has 0 aliphatic carbocycles. The van der Waals surface area contributed by atoms with Gasteiger partial charge in [-0.15, -0.1) is 0 Å². The van der Waals surface area contributed by atoms with Crippen LogP contribution in [0.2, 0.25) is 0 Å². The Kier molecular flexibility index (Phi) is 3.31. The Bertz CT molecular complexity index is 848. The van der Waals surface area contributed by atoms with Crippen LogP contribution in [0, 0.1) is 0 Å². The van der Waals surface area contributed by atoms with Gasteiger partial charge in [0, 0.05) is 24.0 Å². The number of benzene rings is 2. The molecule has 3 aliphatic heterocycles. The van der Waals surface area contributed by atoms with E-state index in [2.05, 4.69) is 24.3 Å². The van der Waals surface area contributed by atoms with Gasteiger partial charge in [-0.3, -0.25) is 0 Å². The van der Waals surface area contributed by atoms with Crippen LogP contribution >= 0.6 is 0 Å². The predicted octanol–water partition coefficient (Wildman–Crippen LogP) is 1.67. The molecule has 0 bridgehead atoms. The van der Waals surface area contributed by atoms with E-state index in [9.17, 15) is 0 Å². The van der Waals surface area contributed by atoms with Crippen molar-refractivity contribution in [3.8, 4) is 23.0 Å². The van der Waals surface area contributed by atoms with E-state index in [0.717, 1.165) is 48.9 Å². The van der Waals surface area contributed by atoms with E-state index in [-0.39, 0.29) is 0 Å². The van der Waals surface area contributed by atoms with Gasteiger partial charge in [-0.1, -0.05) is 0 Å². The summed E-state index contributed by atoms with van der Waals surface area (Å²) < 4.78 is 22.1. The lowest BCUT2D eigenvalue weighted by Crippen LogP contribution is -3.13. The summed E-state index contributed by atoms with van der Waals surface area (Å²) in [6, 6.07) is 9.13. The lowest BCUT2D eigenvalue weighted by molar-refractivity contribution is -0.949. The Balaban J connectivity index is 1.56. The molecule has 5 heteroatoms. The predicted molar refractivity (Wildman–Crippen MR) is 91.8 cm³/mol. The Labute approximate surface area is 147 Å². The topological polar surface area (TPSA) is 41.4 Å². The summed E-state index contributed by atoms with van der Waals surface area (Å²) in [5, 5.41) is 0. The summed E-state index contributed by atoms with van der Waals surface area (Å²) >= 11 is 0. The van der Waals surface area contributed by atoms with Gasteiger partial charge in [-0.25, -0.2) is 0 Å². The van der Waals surface area contributed by atoms with E-state index in [1.54, 1.807) is 19.1 Å². The molecule has 0 spiro atoms. The van der Waals surface area contributed by atoms with E-state index in [1.807, 2.05) is 0 Å². The molecule has 5 nitrogen and oxygen atoms in total. The van der Waals surface area contributed by atoms with E-state index in [4.69, 9.17) is 18.9 Å². The van der Waals surface area contributed by atoms with Crippen LogP contribution in [0.5, 0.6) is 23.0 Å². The SMILES string of the molecule is COc1cc2c(cc1OC)C[NH+]1CCc3cc4c(cc3[C@H]1C2)OCO4. The maximum absolute atomic E-state index is 5.61. The molecule has 0 saturated heterocycles. The number of ether oxygens (including phenoxy) is 4. The van der Waals surface area contributed by atoms with Crippen LogP contribution in [0.15, 0.2) is 24.3 Å². The fourth-order valence-electron chi connectivity index (χ4n) is 4.48. The average Bonchev–Trinajstić information content (AvgIpc) is 3.11. The lowest BCUT2D eigenvalue weighted by Gasteiger charge is -2.38. The largest absolute Gasteiger partial charge is 0.493 e. The highest BCUT2D eigenvalue weighted by atomic mass is 16.7. The number of methoxy groups -OCH3 is 2. The second kappa shape index (κ2) is 5.56. The Morgan fingerprint density at radius 1 is 0.920 bits per heavy atom. The summed E-state index contributed by atoms with van der Waals surface area (Å²) in [6.45, 7) is 2.50. The molecule has 0 saturated carbocycles. The molecule has 0 fully saturated rings. The van der Waals surface area contributed by atoms with Crippen molar-refractivity contribution in [1.82, 2.24) is 0 Å². The van der Waals surface area contributed by atoms with Gasteiger partial charge in [0.15, 0.2) is 23.0 Å². The first-order valence-electron chi connectivity index (χ1n) is 8.77. The molecule has 2 atom stereocenters. The Morgan fingerprint density at radius 2 is 1.64 bits per heavy atom. The van der Waals surface area contributed by atoms with Gasteiger partial charge in [0.2, 0.25) is 6.79 Å². The van der Waals surface area contributed by atoms with Crippen molar-refractivity contribution in [2.45, 2.75) is 25.4 Å². The maximum atomic E-state index is 5.61. The van der Waals surface area contributed by atoms with Gasteiger partial charge in [0.25, 0.3) is 0 Å². The lowest BCUT2D eigenvalue weighted by atomic mass is 9.83. The Hall–Kier alpha value is -2.40. The van der Waals surface area contributed by atoms with Crippen molar-refractivity contribution in [3.63, 3.8) is 0 Å². The van der Waals surface area contributed by atoms with Crippen molar-refractivity contribution < 1.29 is 23.8 Å². The summed E-state index contributed by atoms with van der Waals surface area (Å²) in [5.74, 6) is 3.41. The highest BCUT2D eigenvalue weighted by Crippen LogP contribution is 2.40. The second-order valence-electron chi connectivity index (χ2n) is 6.97. The van der Waals surface area contributed by atoms with E-state index >= 15 is 0 Å². The molecular formula is C20H22NO4+. The van der Waals surface area contributed by atoms with Crippen LogP contribution in [0.1, 0.15) is 28.3 Å². The normalized spacial score (nSPS) is 22.6. The number of rotatable bonds is 2. The van der Waals surface area contributed by atoms with Gasteiger partial charge in [0.05, 0.1) is 20.8 Å². The first-order chi connectivity index (χ1) is 12.3. The van der Waals surface area contributed by atoms with Crippen LogP contribution in [0.25, 0.3) is 0 Å². The van der Waals surface area contributed by atoms with Crippen LogP contribution in [0.3, 0.4) is 0 Å². The summed E-state index contributed by atoms with van der Waals surface area (Å²) in [7, 11) is 3.39. The number of hydrogen-bond acceptors (Lipinski definition) is 4. The van der Waals surface area contributed by atoms with Gasteiger partial charge in [-0.2, -0.15) is 0 Å². The average molecular weight is 340 g/mol. The fourth-order valence-corrected chi connectivity index (χ4v) is 4.48. The standard InChI is InChI=1S/C20H21NO4/c1-22-17-7-13-5-16-15-9-20-19(24-11-25-20)6-12(15)3-4-21(16)10-14(13)8-18(17)23-2/h6-9,16H,3-5,10-11H2,1-2H3/p+1/t16-/m1/s1. The minimum atomic E-state index is 0.333. The van der Waals surface area contributed by atoms with E-state index in [1.165, 1.54) is 22.3 Å². The third-order valence-electron chi connectivity index (χ3n) is 5.77. The molecule has 0 amide bonds. The highest BCUT2D eigenvalue weighted by Gasteiger charge is 2.37. The summed E-state index contributed by atoms with van der Waals surface area (Å²) in [5.41, 5.74) is 5.54. The van der Waals surface area contributed by atoms with Crippen LogP contribution < -0.4 is 23.8 Å². The van der Waals surface area contributed by atoms with Crippen molar-refractivity contribution in [3.05, 3.63) is 46.5 Å². The van der Waals surface area contributed by atoms with Crippen molar-refractivity contribution in [1.29, 1.82) is 0 Å². The molecule has 3 heterocycles. The molecule has 0 aromatic heterocycles. The summed E-state index contributed by atoms with van der Waals surface area (Å²) in [4.78, 5) is 1.62. The van der Waals surface area contributed by atoms with Crippen molar-refractivity contribution >= 4 is 0 Å². The number of hydrogen-bond donors (Lipinski definition) is 1. The minimum Gasteiger partial charge on any atom is -0.493 e. The van der Waals surface area contributed by atoms with Crippen LogP contribution in [0.4, 0.5) is 0 Å². The zero-order chi connectivity index (χ0) is 17.0. The maximum Gasteiger partial charge on any atom is 0.231 e. The third-order valence-corrected chi connectivity index (χ3v) is 5.77. The van der Waals surface area contributed by atoms with Gasteiger partial charge < -0.3 is 23.8 Å². The molecule has 0 radical (unpaired) electrons. The molecular weight excluding hydrogens is 318 g/mol. The van der Waals surface area contributed by atoms with Crippen molar-refractivity contribution in [2.75, 3.05) is 27.6 Å². The first kappa shape index (κ1) is 14.9. The number of nitrogens with one attached hydrogen (secondary N) is 1. The third kappa shape index (κ3) is 2.26. The van der Waals surface area contributed by atoms with Crippen molar-refractivity contribution in [2.24, 2.45) is 0 Å².